The summed E-state index contributed by atoms with van der Waals surface area (Å²) in [5.74, 6) is 0.384. The Labute approximate surface area is 159 Å². The van der Waals surface area contributed by atoms with Gasteiger partial charge >= 0.3 is 5.97 Å². The molecule has 26 heavy (non-hydrogen) atoms. The molecule has 0 N–H and O–H groups in total. The van der Waals surface area contributed by atoms with Gasteiger partial charge in [-0.3, -0.25) is 9.59 Å². The van der Waals surface area contributed by atoms with Crippen molar-refractivity contribution in [2.45, 2.75) is 96.6 Å². The first kappa shape index (κ1) is 21.4. The zero-order chi connectivity index (χ0) is 19.2. The van der Waals surface area contributed by atoms with Crippen molar-refractivity contribution < 1.29 is 18.8 Å². The van der Waals surface area contributed by atoms with Crippen LogP contribution < -0.4 is 0 Å². The summed E-state index contributed by atoms with van der Waals surface area (Å²) in [6.45, 7) is 8.84. The van der Waals surface area contributed by atoms with Crippen LogP contribution in [0.1, 0.15) is 66.2 Å². The van der Waals surface area contributed by atoms with Crippen LogP contribution in [0.15, 0.2) is 12.2 Å². The molecule has 2 fully saturated rings. The van der Waals surface area contributed by atoms with E-state index in [0.717, 1.165) is 43.8 Å². The average molecular weight is 381 g/mol. The number of fused-ring (bicyclic) bond motifs is 1. The second-order valence-electron chi connectivity index (χ2n) is 7.89. The van der Waals surface area contributed by atoms with Gasteiger partial charge in [-0.15, -0.1) is 0 Å². The Bertz CT molecular complexity index is 504. The summed E-state index contributed by atoms with van der Waals surface area (Å²) >= 11 is 0. The van der Waals surface area contributed by atoms with Gasteiger partial charge in [0.25, 0.3) is 0 Å². The largest absolute Gasteiger partial charge is 0.462 e. The van der Waals surface area contributed by atoms with Gasteiger partial charge in [-0.1, -0.05) is 46.6 Å². The molecule has 0 aromatic heterocycles. The van der Waals surface area contributed by atoms with E-state index in [9.17, 15) is 9.59 Å². The maximum atomic E-state index is 12.2. The summed E-state index contributed by atoms with van der Waals surface area (Å²) in [5, 5.41) is 0. The van der Waals surface area contributed by atoms with Crippen LogP contribution in [0.5, 0.6) is 0 Å². The number of rotatable bonds is 11. The number of hydrogen-bond acceptors (Lipinski definition) is 4. The van der Waals surface area contributed by atoms with Gasteiger partial charge in [0.05, 0.1) is 12.5 Å². The molecule has 5 heteroatoms. The highest BCUT2D eigenvalue weighted by atomic mass is 28.4. The number of ketones is 1. The van der Waals surface area contributed by atoms with E-state index >= 15 is 0 Å². The Hall–Kier alpha value is -0.943. The van der Waals surface area contributed by atoms with Crippen molar-refractivity contribution in [3.05, 3.63) is 12.2 Å². The van der Waals surface area contributed by atoms with Crippen LogP contribution in [0, 0.1) is 11.8 Å². The summed E-state index contributed by atoms with van der Waals surface area (Å²) in [6, 6.07) is 3.33. The van der Waals surface area contributed by atoms with Gasteiger partial charge < -0.3 is 9.16 Å². The normalized spacial score (nSPS) is 28.5. The lowest BCUT2D eigenvalue weighted by Crippen LogP contribution is -2.41. The Kier molecular flexibility index (Phi) is 8.08. The Morgan fingerprint density at radius 2 is 1.88 bits per heavy atom. The molecule has 0 amide bonds. The minimum Gasteiger partial charge on any atom is -0.462 e. The topological polar surface area (TPSA) is 52.6 Å². The average Bonchev–Trinajstić information content (AvgIpc) is 3.13. The molecule has 1 aliphatic heterocycles. The molecule has 1 saturated heterocycles. The van der Waals surface area contributed by atoms with E-state index in [1.54, 1.807) is 6.08 Å². The highest BCUT2D eigenvalue weighted by Gasteiger charge is 2.51. The molecule has 0 bridgehead atoms. The molecule has 1 heterocycles. The first-order valence-electron chi connectivity index (χ1n) is 10.6. The smallest absolute Gasteiger partial charge is 0.306 e. The molecule has 0 radical (unpaired) electrons. The van der Waals surface area contributed by atoms with Crippen molar-refractivity contribution in [2.24, 2.45) is 11.8 Å². The highest BCUT2D eigenvalue weighted by molar-refractivity contribution is 6.73. The fraction of sp³-hybridized carbons (Fsp3) is 0.810. The van der Waals surface area contributed by atoms with Crippen molar-refractivity contribution in [3.63, 3.8) is 0 Å². The Morgan fingerprint density at radius 1 is 1.19 bits per heavy atom. The third-order valence-corrected chi connectivity index (χ3v) is 11.1. The summed E-state index contributed by atoms with van der Waals surface area (Å²) in [5.41, 5.74) is 0. The molecule has 0 aromatic carbocycles. The summed E-state index contributed by atoms with van der Waals surface area (Å²) in [6.07, 6.45) is 8.86. The Balaban J connectivity index is 2.09. The van der Waals surface area contributed by atoms with Gasteiger partial charge in [-0.2, -0.15) is 0 Å². The van der Waals surface area contributed by atoms with E-state index in [1.807, 2.05) is 6.08 Å². The van der Waals surface area contributed by atoms with Crippen molar-refractivity contribution >= 4 is 20.1 Å². The van der Waals surface area contributed by atoms with Crippen molar-refractivity contribution in [3.8, 4) is 0 Å². The minimum absolute atomic E-state index is 0.0328. The van der Waals surface area contributed by atoms with E-state index < -0.39 is 8.32 Å². The Morgan fingerprint density at radius 3 is 2.50 bits per heavy atom. The standard InChI is InChI=1S/C21H36O4Si/c1-5-9-10-11-16(22)12-13-17-18-14-21(23)24-19(18)15-20(17)25-26(6-2,7-3)8-4/h12-13,17-20H,5-11,14-15H2,1-4H3/b13-12+/t17-,18-,19+,20-/m1/s1. The van der Waals surface area contributed by atoms with Gasteiger partial charge in [0.2, 0.25) is 0 Å². The number of carbonyl (C=O) groups excluding carboxylic acids is 2. The number of carbonyl (C=O) groups is 2. The van der Waals surface area contributed by atoms with Gasteiger partial charge in [-0.25, -0.2) is 0 Å². The molecule has 0 spiro atoms. The van der Waals surface area contributed by atoms with Crippen LogP contribution in [-0.4, -0.2) is 32.3 Å². The quantitative estimate of drug-likeness (QED) is 0.218. The molecule has 2 aliphatic rings. The number of ether oxygens (including phenoxy) is 1. The van der Waals surface area contributed by atoms with E-state index in [1.165, 1.54) is 0 Å². The summed E-state index contributed by atoms with van der Waals surface area (Å²) in [4.78, 5) is 23.9. The fourth-order valence-electron chi connectivity index (χ4n) is 4.46. The lowest BCUT2D eigenvalue weighted by atomic mass is 9.91. The van der Waals surface area contributed by atoms with Crippen LogP contribution in [-0.2, 0) is 18.8 Å². The van der Waals surface area contributed by atoms with E-state index in [2.05, 4.69) is 27.7 Å². The maximum Gasteiger partial charge on any atom is 0.306 e. The molecular weight excluding hydrogens is 344 g/mol. The molecule has 148 valence electrons. The second kappa shape index (κ2) is 9.84. The van der Waals surface area contributed by atoms with Crippen LogP contribution >= 0.6 is 0 Å². The summed E-state index contributed by atoms with van der Waals surface area (Å²) < 4.78 is 12.3. The zero-order valence-electron chi connectivity index (χ0n) is 17.0. The first-order valence-corrected chi connectivity index (χ1v) is 13.1. The van der Waals surface area contributed by atoms with Crippen molar-refractivity contribution in [1.29, 1.82) is 0 Å². The van der Waals surface area contributed by atoms with Gasteiger partial charge in [-0.05, 0) is 30.6 Å². The van der Waals surface area contributed by atoms with Gasteiger partial charge in [0.15, 0.2) is 14.1 Å². The third-order valence-electron chi connectivity index (χ3n) is 6.42. The number of allylic oxidation sites excluding steroid dienone is 1. The molecular formula is C21H36O4Si. The fourth-order valence-corrected chi connectivity index (χ4v) is 7.36. The zero-order valence-corrected chi connectivity index (χ0v) is 18.0. The van der Waals surface area contributed by atoms with Gasteiger partial charge in [0, 0.05) is 24.7 Å². The molecule has 4 nitrogen and oxygen atoms in total. The predicted octanol–water partition coefficient (Wildman–Crippen LogP) is 5.03. The number of hydrogen-bond donors (Lipinski definition) is 0. The molecule has 2 rings (SSSR count). The lowest BCUT2D eigenvalue weighted by molar-refractivity contribution is -0.141. The van der Waals surface area contributed by atoms with E-state index in [4.69, 9.17) is 9.16 Å². The van der Waals surface area contributed by atoms with Crippen LogP contribution in [0.3, 0.4) is 0 Å². The lowest BCUT2D eigenvalue weighted by Gasteiger charge is -2.34. The second-order valence-corrected chi connectivity index (χ2v) is 12.6. The third kappa shape index (κ3) is 5.07. The van der Waals surface area contributed by atoms with Crippen LogP contribution in [0.25, 0.3) is 0 Å². The molecule has 1 aliphatic carbocycles. The number of esters is 1. The van der Waals surface area contributed by atoms with Crippen LogP contribution in [0.2, 0.25) is 18.1 Å². The monoisotopic (exact) mass is 380 g/mol. The predicted molar refractivity (Wildman–Crippen MR) is 106 cm³/mol. The minimum atomic E-state index is -1.73. The maximum absolute atomic E-state index is 12.2. The molecule has 4 atom stereocenters. The van der Waals surface area contributed by atoms with Crippen molar-refractivity contribution in [1.82, 2.24) is 0 Å². The number of unbranched alkanes of at least 4 members (excludes halogenated alkanes) is 2. The van der Waals surface area contributed by atoms with E-state index in [-0.39, 0.29) is 35.8 Å². The van der Waals surface area contributed by atoms with E-state index in [0.29, 0.717) is 12.8 Å². The van der Waals surface area contributed by atoms with Crippen LogP contribution in [0.4, 0.5) is 0 Å². The first-order chi connectivity index (χ1) is 12.5. The molecule has 1 saturated carbocycles. The highest BCUT2D eigenvalue weighted by Crippen LogP contribution is 2.45. The molecule has 0 unspecified atom stereocenters. The molecule has 0 aromatic rings. The van der Waals surface area contributed by atoms with Crippen molar-refractivity contribution in [2.75, 3.05) is 0 Å². The van der Waals surface area contributed by atoms with Gasteiger partial charge in [0.1, 0.15) is 6.10 Å². The SMILES string of the molecule is CCCCCC(=O)/C=C/[C@@H]1[C@H]2CC(=O)O[C@H]2C[C@H]1O[Si](CC)(CC)CC. The summed E-state index contributed by atoms with van der Waals surface area (Å²) in [7, 11) is -1.73.